The molecule has 0 saturated heterocycles. The first-order valence-corrected chi connectivity index (χ1v) is 5.47. The minimum Gasteiger partial charge on any atom is -0.478 e. The fourth-order valence-electron chi connectivity index (χ4n) is 1.96. The van der Waals surface area contributed by atoms with Crippen LogP contribution in [0.2, 0.25) is 0 Å². The number of rotatable bonds is 3. The maximum absolute atomic E-state index is 13.5. The second kappa shape index (κ2) is 4.60. The Balaban J connectivity index is 2.27. The molecule has 1 N–H and O–H groups in total. The first-order chi connectivity index (χ1) is 8.50. The molecule has 0 unspecified atom stereocenters. The minimum atomic E-state index is -1.10. The number of aliphatic carboxylic acids is 1. The third-order valence-electron chi connectivity index (χ3n) is 3.02. The summed E-state index contributed by atoms with van der Waals surface area (Å²) in [6.45, 7) is 1.63. The van der Waals surface area contributed by atoms with Crippen LogP contribution in [-0.4, -0.2) is 21.9 Å². The molecule has 1 aromatic rings. The van der Waals surface area contributed by atoms with Crippen molar-refractivity contribution in [3.8, 4) is 0 Å². The predicted molar refractivity (Wildman–Crippen MR) is 61.9 cm³/mol. The lowest BCUT2D eigenvalue weighted by Gasteiger charge is -2.18. The number of benzene rings is 1. The van der Waals surface area contributed by atoms with Crippen LogP contribution in [-0.2, 0) is 16.1 Å². The normalized spacial score (nSPS) is 15.4. The van der Waals surface area contributed by atoms with Gasteiger partial charge in [0, 0.05) is 11.3 Å². The Hall–Kier alpha value is -2.17. The van der Waals surface area contributed by atoms with E-state index in [-0.39, 0.29) is 24.4 Å². The van der Waals surface area contributed by atoms with Crippen LogP contribution in [0.25, 0.3) is 0 Å². The number of amides is 1. The molecule has 0 bridgehead atoms. The van der Waals surface area contributed by atoms with Gasteiger partial charge in [-0.3, -0.25) is 4.79 Å². The summed E-state index contributed by atoms with van der Waals surface area (Å²) in [7, 11) is 0. The molecule has 1 aliphatic rings. The third kappa shape index (κ3) is 2.11. The molecule has 1 aliphatic heterocycles. The Kier molecular flexibility index (Phi) is 3.14. The predicted octanol–water partition coefficient (Wildman–Crippen LogP) is 1.92. The Morgan fingerprint density at radius 3 is 2.67 bits per heavy atom. The van der Waals surface area contributed by atoms with Crippen molar-refractivity contribution >= 4 is 11.9 Å². The van der Waals surface area contributed by atoms with Gasteiger partial charge in [-0.1, -0.05) is 18.2 Å². The molecule has 4 nitrogen and oxygen atoms in total. The molecule has 2 rings (SSSR count). The van der Waals surface area contributed by atoms with Crippen LogP contribution >= 0.6 is 0 Å². The van der Waals surface area contributed by atoms with Crippen LogP contribution in [0.1, 0.15) is 18.9 Å². The highest BCUT2D eigenvalue weighted by atomic mass is 19.1. The van der Waals surface area contributed by atoms with Crippen molar-refractivity contribution in [2.45, 2.75) is 19.9 Å². The van der Waals surface area contributed by atoms with E-state index in [1.807, 2.05) is 0 Å². The second-order valence-corrected chi connectivity index (χ2v) is 4.12. The largest absolute Gasteiger partial charge is 0.478 e. The smallest absolute Gasteiger partial charge is 0.333 e. The first-order valence-electron chi connectivity index (χ1n) is 5.47. The van der Waals surface area contributed by atoms with Crippen LogP contribution in [0.15, 0.2) is 35.5 Å². The second-order valence-electron chi connectivity index (χ2n) is 4.12. The van der Waals surface area contributed by atoms with Crippen LogP contribution in [0.3, 0.4) is 0 Å². The van der Waals surface area contributed by atoms with Gasteiger partial charge in [-0.05, 0) is 13.0 Å². The summed E-state index contributed by atoms with van der Waals surface area (Å²) in [4.78, 5) is 23.9. The number of halogens is 1. The van der Waals surface area contributed by atoms with E-state index in [4.69, 9.17) is 5.11 Å². The van der Waals surface area contributed by atoms with Gasteiger partial charge in [0.25, 0.3) is 0 Å². The number of hydrogen-bond acceptors (Lipinski definition) is 2. The Morgan fingerprint density at radius 1 is 1.44 bits per heavy atom. The van der Waals surface area contributed by atoms with Gasteiger partial charge in [0.1, 0.15) is 5.82 Å². The Morgan fingerprint density at radius 2 is 2.11 bits per heavy atom. The van der Waals surface area contributed by atoms with E-state index < -0.39 is 11.8 Å². The van der Waals surface area contributed by atoms with E-state index in [0.29, 0.717) is 11.3 Å². The molecule has 94 valence electrons. The van der Waals surface area contributed by atoms with E-state index in [9.17, 15) is 14.0 Å². The fourth-order valence-corrected chi connectivity index (χ4v) is 1.96. The highest BCUT2D eigenvalue weighted by molar-refractivity contribution is 5.99. The molecule has 0 aliphatic carbocycles. The Bertz CT molecular complexity index is 551. The summed E-state index contributed by atoms with van der Waals surface area (Å²) < 4.78 is 13.5. The van der Waals surface area contributed by atoms with Gasteiger partial charge in [-0.25, -0.2) is 9.18 Å². The third-order valence-corrected chi connectivity index (χ3v) is 3.02. The summed E-state index contributed by atoms with van der Waals surface area (Å²) in [5.74, 6) is -1.81. The fraction of sp³-hybridized carbons (Fsp3) is 0.231. The number of carbonyl (C=O) groups is 2. The average molecular weight is 249 g/mol. The van der Waals surface area contributed by atoms with Crippen molar-refractivity contribution in [3.63, 3.8) is 0 Å². The van der Waals surface area contributed by atoms with Gasteiger partial charge in [0.2, 0.25) is 5.91 Å². The summed E-state index contributed by atoms with van der Waals surface area (Å²) in [5.41, 5.74) is 0.837. The molecule has 1 aromatic carbocycles. The van der Waals surface area contributed by atoms with Gasteiger partial charge in [-0.15, -0.1) is 0 Å². The van der Waals surface area contributed by atoms with Gasteiger partial charge >= 0.3 is 5.97 Å². The van der Waals surface area contributed by atoms with Crippen LogP contribution in [0.5, 0.6) is 0 Å². The molecule has 18 heavy (non-hydrogen) atoms. The monoisotopic (exact) mass is 249 g/mol. The lowest BCUT2D eigenvalue weighted by molar-refractivity contribution is -0.134. The quantitative estimate of drug-likeness (QED) is 0.890. The van der Waals surface area contributed by atoms with Crippen molar-refractivity contribution in [3.05, 3.63) is 46.9 Å². The SMILES string of the molecule is CC1=C(C(=O)O)CC(=O)N1Cc1ccccc1F. The summed E-state index contributed by atoms with van der Waals surface area (Å²) in [6, 6.07) is 6.13. The van der Waals surface area contributed by atoms with E-state index in [2.05, 4.69) is 0 Å². The standard InChI is InChI=1S/C13H12FNO3/c1-8-10(13(17)18)6-12(16)15(8)7-9-4-2-3-5-11(9)14/h2-5H,6-7H2,1H3,(H,17,18). The molecule has 0 spiro atoms. The molecule has 1 heterocycles. The topological polar surface area (TPSA) is 57.6 Å². The molecule has 0 atom stereocenters. The number of carbonyl (C=O) groups excluding carboxylic acids is 1. The molecule has 0 fully saturated rings. The molecular formula is C13H12FNO3. The molecule has 0 saturated carbocycles. The van der Waals surface area contributed by atoms with Crippen molar-refractivity contribution in [1.82, 2.24) is 4.90 Å². The van der Waals surface area contributed by atoms with E-state index in [1.165, 1.54) is 11.0 Å². The van der Waals surface area contributed by atoms with Crippen LogP contribution < -0.4 is 0 Å². The summed E-state index contributed by atoms with van der Waals surface area (Å²) >= 11 is 0. The van der Waals surface area contributed by atoms with Crippen molar-refractivity contribution in [2.75, 3.05) is 0 Å². The van der Waals surface area contributed by atoms with E-state index in [1.54, 1.807) is 25.1 Å². The van der Waals surface area contributed by atoms with Crippen molar-refractivity contribution in [1.29, 1.82) is 0 Å². The summed E-state index contributed by atoms with van der Waals surface area (Å²) in [5, 5.41) is 8.93. The average Bonchev–Trinajstić information content (AvgIpc) is 2.60. The molecule has 0 radical (unpaired) electrons. The number of hydrogen-bond donors (Lipinski definition) is 1. The summed E-state index contributed by atoms with van der Waals surface area (Å²) in [6.07, 6.45) is -0.129. The maximum atomic E-state index is 13.5. The van der Waals surface area contributed by atoms with Gasteiger partial charge in [0.15, 0.2) is 0 Å². The molecule has 0 aromatic heterocycles. The molecular weight excluding hydrogens is 237 g/mol. The Labute approximate surface area is 103 Å². The van der Waals surface area contributed by atoms with Crippen molar-refractivity contribution < 1.29 is 19.1 Å². The number of allylic oxidation sites excluding steroid dienone is 1. The van der Waals surface area contributed by atoms with E-state index >= 15 is 0 Å². The lowest BCUT2D eigenvalue weighted by Crippen LogP contribution is -2.24. The highest BCUT2D eigenvalue weighted by Crippen LogP contribution is 2.26. The maximum Gasteiger partial charge on any atom is 0.333 e. The number of nitrogens with zero attached hydrogens (tertiary/aromatic N) is 1. The van der Waals surface area contributed by atoms with Gasteiger partial charge in [-0.2, -0.15) is 0 Å². The number of carboxylic acid groups (broad SMARTS) is 1. The zero-order chi connectivity index (χ0) is 13.3. The number of carboxylic acids is 1. The zero-order valence-electron chi connectivity index (χ0n) is 9.81. The van der Waals surface area contributed by atoms with Gasteiger partial charge in [0.05, 0.1) is 18.5 Å². The zero-order valence-corrected chi connectivity index (χ0v) is 9.81. The first kappa shape index (κ1) is 12.3. The molecule has 5 heteroatoms. The minimum absolute atomic E-state index is 0.0636. The highest BCUT2D eigenvalue weighted by Gasteiger charge is 2.31. The van der Waals surface area contributed by atoms with Gasteiger partial charge < -0.3 is 10.0 Å². The van der Waals surface area contributed by atoms with Crippen LogP contribution in [0, 0.1) is 5.82 Å². The van der Waals surface area contributed by atoms with Crippen LogP contribution in [0.4, 0.5) is 4.39 Å². The van der Waals surface area contributed by atoms with E-state index in [0.717, 1.165) is 0 Å². The van der Waals surface area contributed by atoms with Crippen molar-refractivity contribution in [2.24, 2.45) is 0 Å². The lowest BCUT2D eigenvalue weighted by atomic mass is 10.2. The molecule has 1 amide bonds.